The second-order valence-electron chi connectivity index (χ2n) is 1.97. The Balaban J connectivity index is 0. The van der Waals surface area contributed by atoms with Gasteiger partial charge in [-0.25, -0.2) is 0 Å². The van der Waals surface area contributed by atoms with E-state index in [9.17, 15) is 18.4 Å². The number of nitrogens with two attached hydrogens (primary N) is 1. The normalized spacial score (nSPS) is 13.0. The highest BCUT2D eigenvalue weighted by Crippen LogP contribution is 1.86. The monoisotopic (exact) mass is 224 g/mol. The van der Waals surface area contributed by atoms with Crippen molar-refractivity contribution >= 4 is 23.0 Å². The zero-order chi connectivity index (χ0) is 11.7. The van der Waals surface area contributed by atoms with Crippen molar-refractivity contribution in [2.75, 3.05) is 0 Å². The van der Waals surface area contributed by atoms with E-state index in [1.807, 2.05) is 0 Å². The smallest absolute Gasteiger partial charge is 0.321 e. The Morgan fingerprint density at radius 1 is 1.57 bits per heavy atom. The molecule has 0 saturated carbocycles. The van der Waals surface area contributed by atoms with Crippen LogP contribution >= 0.6 is 0 Å². The SMILES string of the molecule is C=CS(=O)[O-].NC(CC(=O)O)C(=O)O. The van der Waals surface area contributed by atoms with E-state index in [4.69, 9.17) is 15.9 Å². The maximum Gasteiger partial charge on any atom is 0.321 e. The molecule has 0 saturated heterocycles. The summed E-state index contributed by atoms with van der Waals surface area (Å²) < 4.78 is 18.5. The molecule has 0 aromatic heterocycles. The third-order valence-electron chi connectivity index (χ3n) is 0.848. The Morgan fingerprint density at radius 2 is 1.93 bits per heavy atom. The average molecular weight is 224 g/mol. The Bertz CT molecular complexity index is 240. The molecule has 7 nitrogen and oxygen atoms in total. The summed E-state index contributed by atoms with van der Waals surface area (Å²) in [5.74, 6) is -2.50. The van der Waals surface area contributed by atoms with Crippen LogP contribution in [0.5, 0.6) is 0 Å². The molecule has 0 spiro atoms. The number of hydrogen-bond donors (Lipinski definition) is 3. The first-order valence-corrected chi connectivity index (χ1v) is 4.35. The third-order valence-corrected chi connectivity index (χ3v) is 1.12. The molecule has 0 bridgehead atoms. The van der Waals surface area contributed by atoms with Gasteiger partial charge in [0.05, 0.1) is 6.42 Å². The number of carboxylic acid groups (broad SMARTS) is 2. The second kappa shape index (κ2) is 8.35. The largest absolute Gasteiger partial charge is 0.769 e. The Labute approximate surface area is 82.5 Å². The summed E-state index contributed by atoms with van der Waals surface area (Å²) in [6.45, 7) is 2.95. The van der Waals surface area contributed by atoms with Gasteiger partial charge in [0.25, 0.3) is 0 Å². The topological polar surface area (TPSA) is 141 Å². The van der Waals surface area contributed by atoms with Gasteiger partial charge >= 0.3 is 11.9 Å². The molecule has 2 unspecified atom stereocenters. The molecule has 82 valence electrons. The molecule has 14 heavy (non-hydrogen) atoms. The zero-order valence-electron chi connectivity index (χ0n) is 7.08. The lowest BCUT2D eigenvalue weighted by Gasteiger charge is -1.99. The van der Waals surface area contributed by atoms with E-state index < -0.39 is 35.5 Å². The van der Waals surface area contributed by atoms with E-state index >= 15 is 0 Å². The highest BCUT2D eigenvalue weighted by atomic mass is 32.2. The molecule has 0 aliphatic rings. The number of carboxylic acids is 2. The Morgan fingerprint density at radius 3 is 2.00 bits per heavy atom. The lowest BCUT2D eigenvalue weighted by atomic mass is 10.2. The summed E-state index contributed by atoms with van der Waals surface area (Å²) in [5.41, 5.74) is 4.84. The van der Waals surface area contributed by atoms with E-state index in [1.165, 1.54) is 0 Å². The fourth-order valence-electron chi connectivity index (χ4n) is 0.275. The quantitative estimate of drug-likeness (QED) is 0.513. The first-order valence-electron chi connectivity index (χ1n) is 3.22. The minimum Gasteiger partial charge on any atom is -0.769 e. The second-order valence-corrected chi connectivity index (χ2v) is 2.82. The maximum atomic E-state index is 9.85. The van der Waals surface area contributed by atoms with Gasteiger partial charge in [-0.2, -0.15) is 0 Å². The molecule has 0 amide bonds. The fraction of sp³-hybridized carbons (Fsp3) is 0.333. The van der Waals surface area contributed by atoms with Crippen molar-refractivity contribution in [1.29, 1.82) is 0 Å². The van der Waals surface area contributed by atoms with Crippen LogP contribution in [0.1, 0.15) is 6.42 Å². The standard InChI is InChI=1S/C4H7NO4.C2H4O2S/c5-2(4(8)9)1-3(6)7;1-2-5(3)4/h2H,1,5H2,(H,6,7)(H,8,9);2H,1H2,(H,3,4)/p-1. The van der Waals surface area contributed by atoms with Gasteiger partial charge in [0, 0.05) is 0 Å². The van der Waals surface area contributed by atoms with Crippen LogP contribution < -0.4 is 5.73 Å². The van der Waals surface area contributed by atoms with Crippen molar-refractivity contribution in [3.05, 3.63) is 12.0 Å². The molecule has 0 aliphatic heterocycles. The summed E-state index contributed by atoms with van der Waals surface area (Å²) in [6, 6.07) is -1.29. The molecule has 0 aliphatic carbocycles. The molecule has 0 radical (unpaired) electrons. The van der Waals surface area contributed by atoms with Gasteiger partial charge in [0.1, 0.15) is 6.04 Å². The van der Waals surface area contributed by atoms with Crippen molar-refractivity contribution in [2.24, 2.45) is 5.73 Å². The van der Waals surface area contributed by atoms with Gasteiger partial charge in [0.15, 0.2) is 0 Å². The van der Waals surface area contributed by atoms with Gasteiger partial charge in [-0.05, 0) is 16.5 Å². The molecule has 0 heterocycles. The molecule has 0 rings (SSSR count). The molecule has 4 N–H and O–H groups in total. The molecule has 2 atom stereocenters. The van der Waals surface area contributed by atoms with Gasteiger partial charge in [-0.3, -0.25) is 13.8 Å². The molecule has 0 aromatic carbocycles. The maximum absolute atomic E-state index is 9.85. The first-order chi connectivity index (χ1) is 6.31. The van der Waals surface area contributed by atoms with Crippen LogP contribution in [0.3, 0.4) is 0 Å². The van der Waals surface area contributed by atoms with Crippen LogP contribution in [0.2, 0.25) is 0 Å². The lowest BCUT2D eigenvalue weighted by Crippen LogP contribution is -2.32. The van der Waals surface area contributed by atoms with E-state index in [1.54, 1.807) is 0 Å². The van der Waals surface area contributed by atoms with Crippen molar-refractivity contribution in [1.82, 2.24) is 0 Å². The van der Waals surface area contributed by atoms with E-state index in [0.29, 0.717) is 0 Å². The molecular weight excluding hydrogens is 214 g/mol. The van der Waals surface area contributed by atoms with Crippen LogP contribution in [0, 0.1) is 0 Å². The summed E-state index contributed by atoms with van der Waals surface area (Å²) in [7, 11) is 0. The van der Waals surface area contributed by atoms with Crippen LogP contribution in [-0.2, 0) is 20.7 Å². The van der Waals surface area contributed by atoms with E-state index in [-0.39, 0.29) is 0 Å². The predicted molar refractivity (Wildman–Crippen MR) is 47.0 cm³/mol. The Hall–Kier alpha value is -1.25. The van der Waals surface area contributed by atoms with Crippen LogP contribution in [0.25, 0.3) is 0 Å². The lowest BCUT2D eigenvalue weighted by molar-refractivity contribution is -0.144. The van der Waals surface area contributed by atoms with Crippen LogP contribution in [-0.4, -0.2) is 37.0 Å². The van der Waals surface area contributed by atoms with Gasteiger partial charge < -0.3 is 20.5 Å². The van der Waals surface area contributed by atoms with Crippen molar-refractivity contribution in [2.45, 2.75) is 12.5 Å². The van der Waals surface area contributed by atoms with E-state index in [2.05, 4.69) is 6.58 Å². The molecule has 0 aromatic rings. The summed E-state index contributed by atoms with van der Waals surface area (Å²) in [5, 5.41) is 16.9. The highest BCUT2D eigenvalue weighted by Gasteiger charge is 2.14. The number of carbonyl (C=O) groups is 2. The van der Waals surface area contributed by atoms with Gasteiger partial charge in [-0.1, -0.05) is 6.58 Å². The molecule has 8 heteroatoms. The molecule has 0 fully saturated rings. The third kappa shape index (κ3) is 13.3. The highest BCUT2D eigenvalue weighted by molar-refractivity contribution is 7.82. The number of hydrogen-bond acceptors (Lipinski definition) is 5. The van der Waals surface area contributed by atoms with Gasteiger partial charge in [-0.15, -0.1) is 0 Å². The van der Waals surface area contributed by atoms with Crippen LogP contribution in [0.4, 0.5) is 0 Å². The molecular formula is C6H10NO6S-. The summed E-state index contributed by atoms with van der Waals surface area (Å²) >= 11 is -2.06. The minimum atomic E-state index is -2.06. The van der Waals surface area contributed by atoms with Gasteiger partial charge in [0.2, 0.25) is 0 Å². The van der Waals surface area contributed by atoms with Crippen LogP contribution in [0.15, 0.2) is 12.0 Å². The first kappa shape index (κ1) is 15.2. The Kier molecular flexibility index (Phi) is 9.09. The van der Waals surface area contributed by atoms with Crippen molar-refractivity contribution in [3.8, 4) is 0 Å². The summed E-state index contributed by atoms with van der Waals surface area (Å²) in [6.07, 6.45) is -0.532. The minimum absolute atomic E-state index is 0.532. The van der Waals surface area contributed by atoms with Crippen molar-refractivity contribution in [3.63, 3.8) is 0 Å². The summed E-state index contributed by atoms with van der Waals surface area (Å²) in [4.78, 5) is 19.6. The fourth-order valence-corrected chi connectivity index (χ4v) is 0.275. The number of aliphatic carboxylic acids is 2. The number of rotatable bonds is 4. The predicted octanol–water partition coefficient (Wildman–Crippen LogP) is -1.12. The average Bonchev–Trinajstić information content (AvgIpc) is 2.04. The van der Waals surface area contributed by atoms with E-state index in [0.717, 1.165) is 5.41 Å². The van der Waals surface area contributed by atoms with Crippen molar-refractivity contribution < 1.29 is 28.6 Å². The zero-order valence-corrected chi connectivity index (χ0v) is 7.90.